The molecule has 2 rings (SSSR count). The molecule has 1 fully saturated rings. The molecule has 0 aromatic heterocycles. The number of rotatable bonds is 4. The third-order valence-corrected chi connectivity index (χ3v) is 3.67. The molecule has 0 saturated carbocycles. The summed E-state index contributed by atoms with van der Waals surface area (Å²) in [6.07, 6.45) is 0. The van der Waals surface area contributed by atoms with Crippen molar-refractivity contribution >= 4 is 11.9 Å². The van der Waals surface area contributed by atoms with E-state index in [0.29, 0.717) is 23.7 Å². The predicted molar refractivity (Wildman–Crippen MR) is 77.6 cm³/mol. The Bertz CT molecular complexity index is 560. The van der Waals surface area contributed by atoms with Crippen LogP contribution in [0.3, 0.4) is 0 Å². The van der Waals surface area contributed by atoms with Crippen molar-refractivity contribution < 1.29 is 28.9 Å². The molecular weight excluding hydrogens is 290 g/mol. The lowest BCUT2D eigenvalue weighted by molar-refractivity contribution is -0.147. The molecule has 1 amide bonds. The first-order valence-corrected chi connectivity index (χ1v) is 6.83. The molecule has 1 N–H and O–H groups in total. The summed E-state index contributed by atoms with van der Waals surface area (Å²) >= 11 is 0. The maximum atomic E-state index is 12.7. The number of ether oxygens (including phenoxy) is 3. The lowest BCUT2D eigenvalue weighted by Gasteiger charge is -2.33. The van der Waals surface area contributed by atoms with Crippen molar-refractivity contribution in [3.8, 4) is 11.5 Å². The number of carbonyl (C=O) groups excluding carboxylic acids is 1. The number of methoxy groups -OCH3 is 2. The number of aliphatic carboxylic acids is 1. The van der Waals surface area contributed by atoms with E-state index >= 15 is 0 Å². The zero-order valence-electron chi connectivity index (χ0n) is 12.8. The van der Waals surface area contributed by atoms with Gasteiger partial charge in [0, 0.05) is 17.7 Å². The van der Waals surface area contributed by atoms with E-state index in [-0.39, 0.29) is 19.1 Å². The number of morpholine rings is 1. The zero-order chi connectivity index (χ0) is 16.3. The second-order valence-electron chi connectivity index (χ2n) is 4.93. The van der Waals surface area contributed by atoms with Gasteiger partial charge in [0.25, 0.3) is 5.91 Å². The summed E-state index contributed by atoms with van der Waals surface area (Å²) < 4.78 is 15.6. The van der Waals surface area contributed by atoms with Gasteiger partial charge in [-0.3, -0.25) is 4.79 Å². The SMILES string of the molecule is COc1cc(C(=O)N2CCOC[C@H]2C(=O)O)cc(OC)c1C. The minimum Gasteiger partial charge on any atom is -0.496 e. The molecule has 22 heavy (non-hydrogen) atoms. The molecule has 1 aromatic carbocycles. The number of hydrogen-bond acceptors (Lipinski definition) is 5. The van der Waals surface area contributed by atoms with Gasteiger partial charge < -0.3 is 24.2 Å². The van der Waals surface area contributed by atoms with Crippen molar-refractivity contribution in [1.82, 2.24) is 4.90 Å². The highest BCUT2D eigenvalue weighted by Crippen LogP contribution is 2.30. The summed E-state index contributed by atoms with van der Waals surface area (Å²) in [5.41, 5.74) is 1.10. The van der Waals surface area contributed by atoms with Crippen molar-refractivity contribution in [3.63, 3.8) is 0 Å². The van der Waals surface area contributed by atoms with Gasteiger partial charge in [-0.05, 0) is 19.1 Å². The van der Waals surface area contributed by atoms with Gasteiger partial charge in [0.05, 0.1) is 27.4 Å². The fourth-order valence-electron chi connectivity index (χ4n) is 2.43. The number of benzene rings is 1. The summed E-state index contributed by atoms with van der Waals surface area (Å²) in [6.45, 7) is 2.35. The van der Waals surface area contributed by atoms with Crippen LogP contribution >= 0.6 is 0 Å². The van der Waals surface area contributed by atoms with E-state index in [1.165, 1.54) is 19.1 Å². The molecule has 1 aliphatic rings. The van der Waals surface area contributed by atoms with Crippen LogP contribution in [0.5, 0.6) is 11.5 Å². The van der Waals surface area contributed by atoms with Crippen molar-refractivity contribution in [2.45, 2.75) is 13.0 Å². The van der Waals surface area contributed by atoms with Crippen molar-refractivity contribution in [2.24, 2.45) is 0 Å². The quantitative estimate of drug-likeness (QED) is 0.891. The first-order valence-electron chi connectivity index (χ1n) is 6.83. The highest BCUT2D eigenvalue weighted by molar-refractivity contribution is 5.97. The topological polar surface area (TPSA) is 85.3 Å². The van der Waals surface area contributed by atoms with Gasteiger partial charge in [0.15, 0.2) is 6.04 Å². The number of amides is 1. The minimum atomic E-state index is -1.08. The summed E-state index contributed by atoms with van der Waals surface area (Å²) in [7, 11) is 3.01. The molecule has 120 valence electrons. The number of carbonyl (C=O) groups is 2. The lowest BCUT2D eigenvalue weighted by atomic mass is 10.1. The average Bonchev–Trinajstić information content (AvgIpc) is 2.54. The van der Waals surface area contributed by atoms with Crippen molar-refractivity contribution in [3.05, 3.63) is 23.3 Å². The van der Waals surface area contributed by atoms with Crippen LogP contribution in [0.2, 0.25) is 0 Å². The first-order chi connectivity index (χ1) is 10.5. The molecule has 1 aromatic rings. The van der Waals surface area contributed by atoms with Gasteiger partial charge in [-0.2, -0.15) is 0 Å². The molecule has 7 nitrogen and oxygen atoms in total. The van der Waals surface area contributed by atoms with E-state index in [4.69, 9.17) is 14.2 Å². The number of carboxylic acids is 1. The van der Waals surface area contributed by atoms with Gasteiger partial charge >= 0.3 is 5.97 Å². The molecule has 7 heteroatoms. The van der Waals surface area contributed by atoms with Gasteiger partial charge in [-0.1, -0.05) is 0 Å². The van der Waals surface area contributed by atoms with Crippen LogP contribution in [-0.2, 0) is 9.53 Å². The molecule has 0 bridgehead atoms. The van der Waals surface area contributed by atoms with Crippen molar-refractivity contribution in [1.29, 1.82) is 0 Å². The van der Waals surface area contributed by atoms with E-state index in [9.17, 15) is 14.7 Å². The largest absolute Gasteiger partial charge is 0.496 e. The average molecular weight is 309 g/mol. The zero-order valence-corrected chi connectivity index (χ0v) is 12.8. The molecule has 1 saturated heterocycles. The highest BCUT2D eigenvalue weighted by atomic mass is 16.5. The van der Waals surface area contributed by atoms with Crippen LogP contribution in [0.25, 0.3) is 0 Å². The third-order valence-electron chi connectivity index (χ3n) is 3.67. The van der Waals surface area contributed by atoms with E-state index in [0.717, 1.165) is 5.56 Å². The van der Waals surface area contributed by atoms with Crippen molar-refractivity contribution in [2.75, 3.05) is 34.0 Å². The van der Waals surface area contributed by atoms with Crippen LogP contribution in [-0.4, -0.2) is 61.9 Å². The Hall–Kier alpha value is -2.28. The Labute approximate surface area is 128 Å². The van der Waals surface area contributed by atoms with Gasteiger partial charge in [0.2, 0.25) is 0 Å². The Kier molecular flexibility index (Phi) is 4.87. The van der Waals surface area contributed by atoms with E-state index in [1.54, 1.807) is 12.1 Å². The maximum Gasteiger partial charge on any atom is 0.328 e. The molecule has 0 aliphatic carbocycles. The lowest BCUT2D eigenvalue weighted by Crippen LogP contribution is -2.52. The van der Waals surface area contributed by atoms with Gasteiger partial charge in [-0.15, -0.1) is 0 Å². The van der Waals surface area contributed by atoms with Crippen LogP contribution in [0, 0.1) is 6.92 Å². The van der Waals surface area contributed by atoms with E-state index in [2.05, 4.69) is 0 Å². The summed E-state index contributed by atoms with van der Waals surface area (Å²) in [6, 6.07) is 2.20. The molecule has 0 unspecified atom stereocenters. The third kappa shape index (κ3) is 2.99. The Balaban J connectivity index is 2.37. The second-order valence-corrected chi connectivity index (χ2v) is 4.93. The van der Waals surface area contributed by atoms with Crippen LogP contribution in [0.15, 0.2) is 12.1 Å². The standard InChI is InChI=1S/C15H19NO6/c1-9-12(20-2)6-10(7-13(9)21-3)14(17)16-4-5-22-8-11(16)15(18)19/h6-7,11H,4-5,8H2,1-3H3,(H,18,19)/t11-/m0/s1. The van der Waals surface area contributed by atoms with Gasteiger partial charge in [0.1, 0.15) is 11.5 Å². The summed E-state index contributed by atoms with van der Waals surface area (Å²) in [5.74, 6) is -0.433. The van der Waals surface area contributed by atoms with E-state index in [1.807, 2.05) is 6.92 Å². The van der Waals surface area contributed by atoms with Gasteiger partial charge in [-0.25, -0.2) is 4.79 Å². The monoisotopic (exact) mass is 309 g/mol. The molecule has 1 heterocycles. The predicted octanol–water partition coefficient (Wildman–Crippen LogP) is 0.938. The van der Waals surface area contributed by atoms with Crippen LogP contribution < -0.4 is 9.47 Å². The Morgan fingerprint density at radius 3 is 2.36 bits per heavy atom. The van der Waals surface area contributed by atoms with Crippen LogP contribution in [0.1, 0.15) is 15.9 Å². The highest BCUT2D eigenvalue weighted by Gasteiger charge is 2.33. The minimum absolute atomic E-state index is 0.0127. The van der Waals surface area contributed by atoms with Crippen LogP contribution in [0.4, 0.5) is 0 Å². The molecule has 1 atom stereocenters. The Morgan fingerprint density at radius 1 is 1.27 bits per heavy atom. The fourth-order valence-corrected chi connectivity index (χ4v) is 2.43. The normalized spacial score (nSPS) is 18.0. The molecule has 0 radical (unpaired) electrons. The smallest absolute Gasteiger partial charge is 0.328 e. The molecule has 0 spiro atoms. The number of nitrogens with zero attached hydrogens (tertiary/aromatic N) is 1. The summed E-state index contributed by atoms with van der Waals surface area (Å²) in [5, 5.41) is 9.23. The molecular formula is C15H19NO6. The summed E-state index contributed by atoms with van der Waals surface area (Å²) in [4.78, 5) is 25.2. The first kappa shape index (κ1) is 16.1. The Morgan fingerprint density at radius 2 is 1.86 bits per heavy atom. The fraction of sp³-hybridized carbons (Fsp3) is 0.467. The number of hydrogen-bond donors (Lipinski definition) is 1. The van der Waals surface area contributed by atoms with E-state index < -0.39 is 12.0 Å². The number of carboxylic acid groups (broad SMARTS) is 1. The molecule has 1 aliphatic heterocycles. The second kappa shape index (κ2) is 6.65. The maximum absolute atomic E-state index is 12.7.